The Morgan fingerprint density at radius 1 is 1.38 bits per heavy atom. The molecule has 9 heteroatoms. The Labute approximate surface area is 123 Å². The summed E-state index contributed by atoms with van der Waals surface area (Å²) >= 11 is 0. The zero-order valence-electron chi connectivity index (χ0n) is 12.2. The first-order valence-corrected chi connectivity index (χ1v) is 7.86. The molecule has 2 N–H and O–H groups in total. The number of nitrogens with zero attached hydrogens (tertiary/aromatic N) is 1. The van der Waals surface area contributed by atoms with Crippen molar-refractivity contribution in [3.05, 3.63) is 27.8 Å². The summed E-state index contributed by atoms with van der Waals surface area (Å²) in [5.41, 5.74) is 0.410. The highest BCUT2D eigenvalue weighted by Gasteiger charge is 2.23. The molecule has 0 saturated carbocycles. The first-order chi connectivity index (χ1) is 9.83. The van der Waals surface area contributed by atoms with Crippen LogP contribution in [0.4, 0.5) is 11.4 Å². The van der Waals surface area contributed by atoms with Gasteiger partial charge in [-0.1, -0.05) is 0 Å². The zero-order chi connectivity index (χ0) is 16.0. The topological polar surface area (TPSA) is 111 Å². The fourth-order valence-electron chi connectivity index (χ4n) is 1.79. The highest BCUT2D eigenvalue weighted by Crippen LogP contribution is 2.30. The molecule has 1 rings (SSSR count). The number of hydrogen-bond donors (Lipinski definition) is 2. The monoisotopic (exact) mass is 317 g/mol. The number of ether oxygens (including phenoxy) is 1. The number of hydrogen-bond acceptors (Lipinski definition) is 6. The smallest absolute Gasteiger partial charge is 0.293 e. The summed E-state index contributed by atoms with van der Waals surface area (Å²) in [5, 5.41) is 13.7. The highest BCUT2D eigenvalue weighted by atomic mass is 32.2. The van der Waals surface area contributed by atoms with Crippen molar-refractivity contribution in [2.24, 2.45) is 0 Å². The van der Waals surface area contributed by atoms with Crippen LogP contribution in [0.2, 0.25) is 0 Å². The molecule has 0 atom stereocenters. The molecule has 0 aliphatic carbocycles. The van der Waals surface area contributed by atoms with Crippen LogP contribution in [-0.4, -0.2) is 40.1 Å². The van der Waals surface area contributed by atoms with E-state index in [2.05, 4.69) is 10.0 Å². The Hall–Kier alpha value is -1.71. The van der Waals surface area contributed by atoms with Gasteiger partial charge < -0.3 is 10.1 Å². The van der Waals surface area contributed by atoms with Gasteiger partial charge in [0.05, 0.1) is 16.4 Å². The van der Waals surface area contributed by atoms with Crippen LogP contribution < -0.4 is 10.0 Å². The molecule has 0 aliphatic rings. The second kappa shape index (κ2) is 7.34. The SMILES string of the molecule is CCOCCNS(=O)(=O)c1cc([N+](=O)[O-])c(NC)cc1C. The maximum absolute atomic E-state index is 12.2. The molecule has 0 aromatic heterocycles. The molecule has 1 aromatic carbocycles. The van der Waals surface area contributed by atoms with Gasteiger partial charge in [0.25, 0.3) is 5.69 Å². The normalized spacial score (nSPS) is 11.4. The molecule has 0 bridgehead atoms. The van der Waals surface area contributed by atoms with Crippen molar-refractivity contribution in [1.29, 1.82) is 0 Å². The lowest BCUT2D eigenvalue weighted by atomic mass is 10.2. The van der Waals surface area contributed by atoms with E-state index >= 15 is 0 Å². The van der Waals surface area contributed by atoms with Crippen molar-refractivity contribution >= 4 is 21.4 Å². The number of anilines is 1. The average molecular weight is 317 g/mol. The van der Waals surface area contributed by atoms with E-state index in [-0.39, 0.29) is 29.4 Å². The minimum atomic E-state index is -3.81. The standard InChI is InChI=1S/C12H19N3O5S/c1-4-20-6-5-14-21(18,19)12-8-11(15(16)17)10(13-3)7-9(12)2/h7-8,13-14H,4-6H2,1-3H3. The van der Waals surface area contributed by atoms with Crippen LogP contribution in [0.1, 0.15) is 12.5 Å². The maximum atomic E-state index is 12.2. The number of rotatable bonds is 8. The molecule has 8 nitrogen and oxygen atoms in total. The minimum absolute atomic E-state index is 0.107. The predicted octanol–water partition coefficient (Wildman–Crippen LogP) is 1.26. The fourth-order valence-corrected chi connectivity index (χ4v) is 3.05. The van der Waals surface area contributed by atoms with E-state index in [1.165, 1.54) is 13.1 Å². The molecule has 0 radical (unpaired) electrons. The van der Waals surface area contributed by atoms with Gasteiger partial charge in [-0.05, 0) is 25.5 Å². The number of aryl methyl sites for hydroxylation is 1. The van der Waals surface area contributed by atoms with Crippen molar-refractivity contribution in [3.8, 4) is 0 Å². The summed E-state index contributed by atoms with van der Waals surface area (Å²) in [6, 6.07) is 2.50. The van der Waals surface area contributed by atoms with Crippen LogP contribution in [0.25, 0.3) is 0 Å². The molecule has 0 aliphatic heterocycles. The third-order valence-electron chi connectivity index (χ3n) is 2.79. The van der Waals surface area contributed by atoms with E-state index in [1.54, 1.807) is 13.8 Å². The molecule has 1 aromatic rings. The number of sulfonamides is 1. The van der Waals surface area contributed by atoms with Crippen LogP contribution in [0.5, 0.6) is 0 Å². The van der Waals surface area contributed by atoms with Crippen molar-refractivity contribution in [2.45, 2.75) is 18.7 Å². The first-order valence-electron chi connectivity index (χ1n) is 6.37. The van der Waals surface area contributed by atoms with Gasteiger partial charge in [-0.15, -0.1) is 0 Å². The molecule has 0 unspecified atom stereocenters. The predicted molar refractivity (Wildman–Crippen MR) is 79.1 cm³/mol. The Kier molecular flexibility index (Phi) is 6.06. The summed E-state index contributed by atoms with van der Waals surface area (Å²) in [4.78, 5) is 10.3. The van der Waals surface area contributed by atoms with Gasteiger partial charge >= 0.3 is 0 Å². The lowest BCUT2D eigenvalue weighted by Crippen LogP contribution is -2.28. The van der Waals surface area contributed by atoms with Gasteiger partial charge in [0.2, 0.25) is 10.0 Å². The van der Waals surface area contributed by atoms with Crippen LogP contribution in [0.3, 0.4) is 0 Å². The fraction of sp³-hybridized carbons (Fsp3) is 0.500. The van der Waals surface area contributed by atoms with E-state index in [0.717, 1.165) is 6.07 Å². The van der Waals surface area contributed by atoms with Gasteiger partial charge in [-0.2, -0.15) is 0 Å². The minimum Gasteiger partial charge on any atom is -0.383 e. The third kappa shape index (κ3) is 4.38. The molecule has 0 saturated heterocycles. The summed E-state index contributed by atoms with van der Waals surface area (Å²) in [6.45, 7) is 4.23. The van der Waals surface area contributed by atoms with Crippen LogP contribution in [-0.2, 0) is 14.8 Å². The van der Waals surface area contributed by atoms with Crippen LogP contribution >= 0.6 is 0 Å². The van der Waals surface area contributed by atoms with E-state index in [0.29, 0.717) is 12.2 Å². The van der Waals surface area contributed by atoms with Crippen molar-refractivity contribution in [3.63, 3.8) is 0 Å². The van der Waals surface area contributed by atoms with Gasteiger partial charge in [0.15, 0.2) is 0 Å². The number of nitro benzene ring substituents is 1. The molecule has 0 fully saturated rings. The summed E-state index contributed by atoms with van der Waals surface area (Å²) in [6.07, 6.45) is 0. The van der Waals surface area contributed by atoms with Crippen LogP contribution in [0, 0.1) is 17.0 Å². The summed E-state index contributed by atoms with van der Waals surface area (Å²) in [5.74, 6) is 0. The van der Waals surface area contributed by atoms with Crippen molar-refractivity contribution in [1.82, 2.24) is 4.72 Å². The number of nitrogens with one attached hydrogen (secondary N) is 2. The third-order valence-corrected chi connectivity index (χ3v) is 4.39. The van der Waals surface area contributed by atoms with Crippen LogP contribution in [0.15, 0.2) is 17.0 Å². The van der Waals surface area contributed by atoms with Gasteiger partial charge in [0, 0.05) is 26.3 Å². The summed E-state index contributed by atoms with van der Waals surface area (Å²) < 4.78 is 31.8. The Morgan fingerprint density at radius 3 is 2.57 bits per heavy atom. The van der Waals surface area contributed by atoms with Gasteiger partial charge in [-0.3, -0.25) is 10.1 Å². The molecular weight excluding hydrogens is 298 g/mol. The molecule has 0 amide bonds. The second-order valence-corrected chi connectivity index (χ2v) is 5.97. The molecule has 21 heavy (non-hydrogen) atoms. The quantitative estimate of drug-likeness (QED) is 0.424. The summed E-state index contributed by atoms with van der Waals surface area (Å²) in [7, 11) is -2.28. The van der Waals surface area contributed by atoms with E-state index in [9.17, 15) is 18.5 Å². The lowest BCUT2D eigenvalue weighted by molar-refractivity contribution is -0.384. The lowest BCUT2D eigenvalue weighted by Gasteiger charge is -2.11. The van der Waals surface area contributed by atoms with Crippen molar-refractivity contribution in [2.75, 3.05) is 32.1 Å². The average Bonchev–Trinajstić information content (AvgIpc) is 2.42. The Morgan fingerprint density at radius 2 is 2.05 bits per heavy atom. The largest absolute Gasteiger partial charge is 0.383 e. The van der Waals surface area contributed by atoms with E-state index in [1.807, 2.05) is 0 Å². The first kappa shape index (κ1) is 17.3. The van der Waals surface area contributed by atoms with Crippen molar-refractivity contribution < 1.29 is 18.1 Å². The molecular formula is C12H19N3O5S. The van der Waals surface area contributed by atoms with E-state index in [4.69, 9.17) is 4.74 Å². The Balaban J connectivity index is 3.11. The molecule has 0 spiro atoms. The van der Waals surface area contributed by atoms with E-state index < -0.39 is 14.9 Å². The molecule has 0 heterocycles. The molecule has 118 valence electrons. The zero-order valence-corrected chi connectivity index (χ0v) is 13.0. The van der Waals surface area contributed by atoms with Gasteiger partial charge in [0.1, 0.15) is 5.69 Å². The number of nitro groups is 1. The number of benzene rings is 1. The maximum Gasteiger partial charge on any atom is 0.293 e. The Bertz CT molecular complexity index is 616. The van der Waals surface area contributed by atoms with Gasteiger partial charge in [-0.25, -0.2) is 13.1 Å². The second-order valence-electron chi connectivity index (χ2n) is 4.24. The highest BCUT2D eigenvalue weighted by molar-refractivity contribution is 7.89.